The molecule has 1 amide bonds. The monoisotopic (exact) mass is 389 g/mol. The van der Waals surface area contributed by atoms with Gasteiger partial charge in [0.05, 0.1) is 4.90 Å². The maximum Gasteiger partial charge on any atom is 0.255 e. The molecule has 0 radical (unpaired) electrons. The Morgan fingerprint density at radius 2 is 1.70 bits per heavy atom. The fourth-order valence-electron chi connectivity index (χ4n) is 2.43. The average Bonchev–Trinajstić information content (AvgIpc) is 2.66. The highest BCUT2D eigenvalue weighted by atomic mass is 32.2. The molecule has 0 aliphatic rings. The van der Waals surface area contributed by atoms with Crippen LogP contribution in [0.1, 0.15) is 31.1 Å². The minimum absolute atomic E-state index is 0.147. The van der Waals surface area contributed by atoms with Crippen molar-refractivity contribution in [2.75, 3.05) is 30.9 Å². The van der Waals surface area contributed by atoms with E-state index in [1.807, 2.05) is 45.2 Å². The number of amides is 1. The lowest BCUT2D eigenvalue weighted by atomic mass is 10.2. The van der Waals surface area contributed by atoms with Crippen LogP contribution in [0.4, 0.5) is 11.4 Å². The van der Waals surface area contributed by atoms with Crippen molar-refractivity contribution in [1.29, 1.82) is 0 Å². The summed E-state index contributed by atoms with van der Waals surface area (Å²) in [5.74, 6) is -0.285. The number of benzene rings is 2. The van der Waals surface area contributed by atoms with E-state index in [1.165, 1.54) is 28.6 Å². The summed E-state index contributed by atoms with van der Waals surface area (Å²) in [6, 6.07) is 13.4. The summed E-state index contributed by atoms with van der Waals surface area (Å²) in [6.07, 6.45) is 0. The van der Waals surface area contributed by atoms with E-state index in [-0.39, 0.29) is 16.8 Å². The minimum Gasteiger partial charge on any atom is -0.375 e. The van der Waals surface area contributed by atoms with E-state index in [0.29, 0.717) is 11.3 Å². The number of carbonyl (C=O) groups excluding carboxylic acids is 1. The number of anilines is 2. The van der Waals surface area contributed by atoms with Gasteiger partial charge in [-0.25, -0.2) is 8.42 Å². The fraction of sp³-hybridized carbons (Fsp3) is 0.350. The molecule has 7 heteroatoms. The second kappa shape index (κ2) is 8.54. The van der Waals surface area contributed by atoms with Gasteiger partial charge in [-0.2, -0.15) is 4.31 Å². The summed E-state index contributed by atoms with van der Waals surface area (Å²) in [7, 11) is -0.0385. The SMILES string of the molecule is CCN(C)c1cccc(NC(=O)c2ccc(S(=O)(=O)N(C)C(C)C)cc2)c1. The average molecular weight is 390 g/mol. The number of rotatable bonds is 7. The Morgan fingerprint density at radius 3 is 2.26 bits per heavy atom. The molecule has 2 aromatic rings. The molecule has 0 spiro atoms. The standard InChI is InChI=1S/C20H27N3O3S/c1-6-22(4)18-9-7-8-17(14-18)21-20(24)16-10-12-19(13-11-16)27(25,26)23(5)15(2)3/h7-15H,6H2,1-5H3,(H,21,24). The molecule has 0 atom stereocenters. The maximum atomic E-state index is 12.5. The summed E-state index contributed by atoms with van der Waals surface area (Å²) in [6.45, 7) is 6.53. The van der Waals surface area contributed by atoms with Gasteiger partial charge in [-0.15, -0.1) is 0 Å². The van der Waals surface area contributed by atoms with Crippen molar-refractivity contribution >= 4 is 27.3 Å². The van der Waals surface area contributed by atoms with Gasteiger partial charge in [-0.3, -0.25) is 4.79 Å². The van der Waals surface area contributed by atoms with Crippen molar-refractivity contribution in [1.82, 2.24) is 4.31 Å². The van der Waals surface area contributed by atoms with E-state index in [0.717, 1.165) is 12.2 Å². The predicted octanol–water partition coefficient (Wildman–Crippen LogP) is 3.42. The second-order valence-electron chi connectivity index (χ2n) is 6.66. The molecule has 6 nitrogen and oxygen atoms in total. The lowest BCUT2D eigenvalue weighted by Crippen LogP contribution is -2.33. The Labute approximate surface area is 161 Å². The number of hydrogen-bond acceptors (Lipinski definition) is 4. The normalized spacial score (nSPS) is 11.7. The van der Waals surface area contributed by atoms with Crippen LogP contribution in [0.25, 0.3) is 0 Å². The van der Waals surface area contributed by atoms with Gasteiger partial charge in [0.15, 0.2) is 0 Å². The molecule has 0 aliphatic heterocycles. The summed E-state index contributed by atoms with van der Waals surface area (Å²) in [5, 5.41) is 2.85. The highest BCUT2D eigenvalue weighted by Crippen LogP contribution is 2.20. The largest absolute Gasteiger partial charge is 0.375 e. The number of sulfonamides is 1. The smallest absolute Gasteiger partial charge is 0.255 e. The lowest BCUT2D eigenvalue weighted by molar-refractivity contribution is 0.102. The molecular weight excluding hydrogens is 362 g/mol. The van der Waals surface area contributed by atoms with Gasteiger partial charge in [0, 0.05) is 43.6 Å². The Balaban J connectivity index is 2.17. The van der Waals surface area contributed by atoms with E-state index in [4.69, 9.17) is 0 Å². The Kier molecular flexibility index (Phi) is 6.62. The van der Waals surface area contributed by atoms with Crippen LogP contribution in [0.3, 0.4) is 0 Å². The Hall–Kier alpha value is -2.38. The van der Waals surface area contributed by atoms with Crippen LogP contribution in [0, 0.1) is 0 Å². The molecule has 1 N–H and O–H groups in total. The fourth-order valence-corrected chi connectivity index (χ4v) is 3.80. The zero-order chi connectivity index (χ0) is 20.2. The molecule has 27 heavy (non-hydrogen) atoms. The third-order valence-corrected chi connectivity index (χ3v) is 6.59. The molecule has 0 bridgehead atoms. The number of hydrogen-bond donors (Lipinski definition) is 1. The molecule has 0 heterocycles. The van der Waals surface area contributed by atoms with E-state index in [9.17, 15) is 13.2 Å². The van der Waals surface area contributed by atoms with Crippen molar-refractivity contribution in [3.8, 4) is 0 Å². The van der Waals surface area contributed by atoms with Crippen LogP contribution in [0.5, 0.6) is 0 Å². The lowest BCUT2D eigenvalue weighted by Gasteiger charge is -2.21. The minimum atomic E-state index is -3.56. The Morgan fingerprint density at radius 1 is 1.07 bits per heavy atom. The molecule has 2 aromatic carbocycles. The van der Waals surface area contributed by atoms with Crippen LogP contribution in [-0.4, -0.2) is 45.3 Å². The predicted molar refractivity (Wildman–Crippen MR) is 110 cm³/mol. The van der Waals surface area contributed by atoms with Gasteiger partial charge in [0.2, 0.25) is 10.0 Å². The first kappa shape index (κ1) is 20.9. The molecule has 0 unspecified atom stereocenters. The van der Waals surface area contributed by atoms with E-state index in [1.54, 1.807) is 7.05 Å². The highest BCUT2D eigenvalue weighted by molar-refractivity contribution is 7.89. The summed E-state index contributed by atoms with van der Waals surface area (Å²) in [5.41, 5.74) is 2.10. The number of nitrogens with zero attached hydrogens (tertiary/aromatic N) is 2. The molecule has 0 saturated heterocycles. The first-order chi connectivity index (χ1) is 12.7. The molecule has 2 rings (SSSR count). The van der Waals surface area contributed by atoms with E-state index in [2.05, 4.69) is 17.1 Å². The van der Waals surface area contributed by atoms with Gasteiger partial charge < -0.3 is 10.2 Å². The third-order valence-electron chi connectivity index (χ3n) is 4.54. The van der Waals surface area contributed by atoms with Gasteiger partial charge in [0.25, 0.3) is 5.91 Å². The van der Waals surface area contributed by atoms with Gasteiger partial charge in [-0.05, 0) is 63.2 Å². The van der Waals surface area contributed by atoms with E-state index < -0.39 is 10.0 Å². The van der Waals surface area contributed by atoms with Crippen molar-refractivity contribution in [3.63, 3.8) is 0 Å². The quantitative estimate of drug-likeness (QED) is 0.788. The van der Waals surface area contributed by atoms with Crippen molar-refractivity contribution in [2.45, 2.75) is 31.7 Å². The van der Waals surface area contributed by atoms with Crippen LogP contribution in [0.15, 0.2) is 53.4 Å². The van der Waals surface area contributed by atoms with Crippen molar-refractivity contribution in [2.24, 2.45) is 0 Å². The molecule has 0 saturated carbocycles. The first-order valence-electron chi connectivity index (χ1n) is 8.87. The molecule has 0 aliphatic carbocycles. The maximum absolute atomic E-state index is 12.5. The Bertz CT molecular complexity index is 893. The topological polar surface area (TPSA) is 69.7 Å². The molecule has 0 fully saturated rings. The van der Waals surface area contributed by atoms with Crippen LogP contribution >= 0.6 is 0 Å². The number of nitrogens with one attached hydrogen (secondary N) is 1. The second-order valence-corrected chi connectivity index (χ2v) is 8.66. The third kappa shape index (κ3) is 4.87. The van der Waals surface area contributed by atoms with Crippen LogP contribution < -0.4 is 10.2 Å². The summed E-state index contributed by atoms with van der Waals surface area (Å²) in [4.78, 5) is 14.7. The highest BCUT2D eigenvalue weighted by Gasteiger charge is 2.23. The van der Waals surface area contributed by atoms with E-state index >= 15 is 0 Å². The number of carbonyl (C=O) groups is 1. The van der Waals surface area contributed by atoms with Crippen molar-refractivity contribution in [3.05, 3.63) is 54.1 Å². The van der Waals surface area contributed by atoms with Crippen LogP contribution in [0.2, 0.25) is 0 Å². The molecular formula is C20H27N3O3S. The summed E-state index contributed by atoms with van der Waals surface area (Å²) >= 11 is 0. The molecule has 0 aromatic heterocycles. The van der Waals surface area contributed by atoms with Crippen LogP contribution in [-0.2, 0) is 10.0 Å². The van der Waals surface area contributed by atoms with Crippen molar-refractivity contribution < 1.29 is 13.2 Å². The van der Waals surface area contributed by atoms with Gasteiger partial charge in [0.1, 0.15) is 0 Å². The van der Waals surface area contributed by atoms with Gasteiger partial charge in [-0.1, -0.05) is 6.07 Å². The van der Waals surface area contributed by atoms with Gasteiger partial charge >= 0.3 is 0 Å². The summed E-state index contributed by atoms with van der Waals surface area (Å²) < 4.78 is 26.3. The first-order valence-corrected chi connectivity index (χ1v) is 10.3. The zero-order valence-electron chi connectivity index (χ0n) is 16.4. The zero-order valence-corrected chi connectivity index (χ0v) is 17.2. The molecule has 146 valence electrons.